The molecule has 148 valence electrons. The number of aliphatic hydroxyl groups excluding tert-OH is 1. The van der Waals surface area contributed by atoms with Crippen LogP contribution < -0.4 is 10.0 Å². The van der Waals surface area contributed by atoms with Crippen molar-refractivity contribution in [3.05, 3.63) is 76.6 Å². The lowest BCUT2D eigenvalue weighted by atomic mass is 9.95. The van der Waals surface area contributed by atoms with Crippen LogP contribution in [-0.2, 0) is 6.42 Å². The van der Waals surface area contributed by atoms with Gasteiger partial charge < -0.3 is 15.6 Å². The summed E-state index contributed by atoms with van der Waals surface area (Å²) in [7, 11) is 0. The van der Waals surface area contributed by atoms with Crippen molar-refractivity contribution in [3.8, 4) is 5.82 Å². The van der Waals surface area contributed by atoms with Crippen molar-refractivity contribution in [1.29, 1.82) is 0 Å². The third-order valence-electron chi connectivity index (χ3n) is 5.89. The minimum atomic E-state index is -0.524. The normalized spacial score (nSPS) is 20.4. The number of nitrogens with zero attached hydrogens (tertiary/aromatic N) is 4. The SMILES string of the molecule is O=C(N[C@H](CO)c1ccccc1)c1nn(-c2cncc[n+]2[O-])c2c1CC[C@@H]1C[C@H]21. The lowest BCUT2D eigenvalue weighted by Gasteiger charge is -2.16. The summed E-state index contributed by atoms with van der Waals surface area (Å²) in [6.07, 6.45) is 7.06. The summed E-state index contributed by atoms with van der Waals surface area (Å²) in [5, 5.41) is 29.5. The van der Waals surface area contributed by atoms with E-state index in [-0.39, 0.29) is 18.3 Å². The van der Waals surface area contributed by atoms with Crippen molar-refractivity contribution >= 4 is 5.91 Å². The van der Waals surface area contributed by atoms with Crippen LogP contribution in [0.3, 0.4) is 0 Å². The standard InChI is InChI=1S/C21H21N5O3/c27-12-17(13-4-2-1-3-5-13)23-21(28)19-15-7-6-14-10-16(14)20(15)26(24-19)18-11-22-8-9-25(18)29/h1-5,8-9,11,14,16-17,27H,6-7,10,12H2,(H,23,28)/t14-,16+,17-/m1/s1. The van der Waals surface area contributed by atoms with Crippen LogP contribution in [0.4, 0.5) is 0 Å². The van der Waals surface area contributed by atoms with Gasteiger partial charge in [-0.2, -0.15) is 0 Å². The third-order valence-corrected chi connectivity index (χ3v) is 5.89. The Labute approximate surface area is 167 Å². The molecule has 5 rings (SSSR count). The molecule has 0 radical (unpaired) electrons. The number of benzene rings is 1. The van der Waals surface area contributed by atoms with E-state index >= 15 is 0 Å². The highest BCUT2D eigenvalue weighted by molar-refractivity contribution is 5.94. The number of hydrogen-bond donors (Lipinski definition) is 2. The van der Waals surface area contributed by atoms with Crippen LogP contribution in [0.15, 0.2) is 48.9 Å². The molecular formula is C21H21N5O3. The molecule has 2 heterocycles. The number of fused-ring (bicyclic) bond motifs is 3. The first kappa shape index (κ1) is 17.8. The maximum atomic E-state index is 13.1. The molecule has 0 spiro atoms. The smallest absolute Gasteiger partial charge is 0.328 e. The maximum absolute atomic E-state index is 13.1. The van der Waals surface area contributed by atoms with E-state index in [4.69, 9.17) is 0 Å². The summed E-state index contributed by atoms with van der Waals surface area (Å²) >= 11 is 0. The predicted molar refractivity (Wildman–Crippen MR) is 103 cm³/mol. The van der Waals surface area contributed by atoms with Crippen LogP contribution in [0, 0.1) is 11.1 Å². The predicted octanol–water partition coefficient (Wildman–Crippen LogP) is 1.41. The lowest BCUT2D eigenvalue weighted by molar-refractivity contribution is -0.600. The topological polar surface area (TPSA) is 107 Å². The van der Waals surface area contributed by atoms with Gasteiger partial charge in [0.25, 0.3) is 5.91 Å². The molecule has 1 fully saturated rings. The molecule has 2 aromatic heterocycles. The Bertz CT molecular complexity index is 1070. The fourth-order valence-electron chi connectivity index (χ4n) is 4.32. The fourth-order valence-corrected chi connectivity index (χ4v) is 4.32. The molecule has 2 aliphatic rings. The van der Waals surface area contributed by atoms with Crippen molar-refractivity contribution in [2.24, 2.45) is 5.92 Å². The number of amides is 1. The average molecular weight is 391 g/mol. The summed E-state index contributed by atoms with van der Waals surface area (Å²) in [5.41, 5.74) is 2.99. The van der Waals surface area contributed by atoms with Crippen molar-refractivity contribution in [2.75, 3.05) is 6.61 Å². The minimum Gasteiger partial charge on any atom is -0.710 e. The summed E-state index contributed by atoms with van der Waals surface area (Å²) in [5.74, 6) is 0.872. The Hall–Kier alpha value is -3.26. The second kappa shape index (κ2) is 6.97. The quantitative estimate of drug-likeness (QED) is 0.505. The maximum Gasteiger partial charge on any atom is 0.328 e. The average Bonchev–Trinajstić information content (AvgIpc) is 3.45. The van der Waals surface area contributed by atoms with E-state index in [1.165, 1.54) is 18.6 Å². The zero-order valence-corrected chi connectivity index (χ0v) is 15.7. The Morgan fingerprint density at radius 3 is 2.97 bits per heavy atom. The first-order valence-electron chi connectivity index (χ1n) is 9.79. The molecule has 0 saturated heterocycles. The molecule has 1 amide bonds. The second-order valence-electron chi connectivity index (χ2n) is 7.64. The van der Waals surface area contributed by atoms with Gasteiger partial charge in [-0.1, -0.05) is 40.1 Å². The first-order chi connectivity index (χ1) is 14.2. The molecule has 0 bridgehead atoms. The number of nitrogens with one attached hydrogen (secondary N) is 1. The highest BCUT2D eigenvalue weighted by Crippen LogP contribution is 2.55. The van der Waals surface area contributed by atoms with Crippen LogP contribution in [0.25, 0.3) is 5.82 Å². The molecule has 2 aliphatic carbocycles. The molecule has 2 N–H and O–H groups in total. The monoisotopic (exact) mass is 391 g/mol. The van der Waals surface area contributed by atoms with Gasteiger partial charge in [0.2, 0.25) is 0 Å². The fraction of sp³-hybridized carbons (Fsp3) is 0.333. The summed E-state index contributed by atoms with van der Waals surface area (Å²) < 4.78 is 2.30. The van der Waals surface area contributed by atoms with Gasteiger partial charge in [-0.05, 0) is 30.7 Å². The van der Waals surface area contributed by atoms with Gasteiger partial charge in [0, 0.05) is 11.5 Å². The molecule has 0 unspecified atom stereocenters. The number of aromatic nitrogens is 4. The molecule has 1 saturated carbocycles. The van der Waals surface area contributed by atoms with Crippen LogP contribution in [0.1, 0.15) is 52.1 Å². The third kappa shape index (κ3) is 3.05. The highest BCUT2D eigenvalue weighted by Gasteiger charge is 2.50. The van der Waals surface area contributed by atoms with Crippen LogP contribution in [0.2, 0.25) is 0 Å². The number of rotatable bonds is 5. The molecule has 29 heavy (non-hydrogen) atoms. The van der Waals surface area contributed by atoms with Crippen molar-refractivity contribution < 1.29 is 14.6 Å². The Morgan fingerprint density at radius 2 is 2.21 bits per heavy atom. The molecule has 3 atom stereocenters. The minimum absolute atomic E-state index is 0.216. The van der Waals surface area contributed by atoms with E-state index in [1.807, 2.05) is 30.3 Å². The number of hydrogen-bond acceptors (Lipinski definition) is 5. The van der Waals surface area contributed by atoms with E-state index in [0.29, 0.717) is 22.3 Å². The van der Waals surface area contributed by atoms with Crippen LogP contribution in [-0.4, -0.2) is 32.4 Å². The Balaban J connectivity index is 1.53. The molecular weight excluding hydrogens is 370 g/mol. The van der Waals surface area contributed by atoms with Gasteiger partial charge in [-0.25, -0.2) is 4.73 Å². The summed E-state index contributed by atoms with van der Waals surface area (Å²) in [6.45, 7) is -0.216. The second-order valence-corrected chi connectivity index (χ2v) is 7.64. The van der Waals surface area contributed by atoms with E-state index < -0.39 is 6.04 Å². The van der Waals surface area contributed by atoms with Gasteiger partial charge in [0.15, 0.2) is 5.69 Å². The van der Waals surface area contributed by atoms with Crippen molar-refractivity contribution in [2.45, 2.75) is 31.2 Å². The Kier molecular flexibility index (Phi) is 4.28. The van der Waals surface area contributed by atoms with Crippen LogP contribution >= 0.6 is 0 Å². The summed E-state index contributed by atoms with van der Waals surface area (Å²) in [6, 6.07) is 8.81. The first-order valence-corrected chi connectivity index (χ1v) is 9.79. The van der Waals surface area contributed by atoms with Gasteiger partial charge in [-0.15, -0.1) is 0 Å². The van der Waals surface area contributed by atoms with Gasteiger partial charge >= 0.3 is 5.82 Å². The molecule has 8 heteroatoms. The van der Waals surface area contributed by atoms with E-state index in [9.17, 15) is 15.1 Å². The largest absolute Gasteiger partial charge is 0.710 e. The van der Waals surface area contributed by atoms with Gasteiger partial charge in [0.05, 0.1) is 18.8 Å². The Morgan fingerprint density at radius 1 is 1.38 bits per heavy atom. The lowest BCUT2D eigenvalue weighted by Crippen LogP contribution is -2.33. The number of carbonyl (C=O) groups excluding carboxylic acids is 1. The van der Waals surface area contributed by atoms with Crippen molar-refractivity contribution in [3.63, 3.8) is 0 Å². The van der Waals surface area contributed by atoms with Crippen LogP contribution in [0.5, 0.6) is 0 Å². The van der Waals surface area contributed by atoms with E-state index in [1.54, 1.807) is 4.68 Å². The zero-order chi connectivity index (χ0) is 20.0. The van der Waals surface area contributed by atoms with Gasteiger partial charge in [-0.3, -0.25) is 9.78 Å². The highest BCUT2D eigenvalue weighted by atomic mass is 16.5. The molecule has 3 aromatic rings. The van der Waals surface area contributed by atoms with Crippen molar-refractivity contribution in [1.82, 2.24) is 20.1 Å². The number of carbonyl (C=O) groups is 1. The molecule has 0 aliphatic heterocycles. The molecule has 1 aromatic carbocycles. The number of aliphatic hydroxyl groups is 1. The van der Waals surface area contributed by atoms with E-state index in [0.717, 1.165) is 36.1 Å². The van der Waals surface area contributed by atoms with E-state index in [2.05, 4.69) is 15.4 Å². The summed E-state index contributed by atoms with van der Waals surface area (Å²) in [4.78, 5) is 17.2. The van der Waals surface area contributed by atoms with Gasteiger partial charge in [0.1, 0.15) is 18.1 Å². The molecule has 8 nitrogen and oxygen atoms in total. The zero-order valence-electron chi connectivity index (χ0n) is 15.7.